The number of hydrogen-bond donors (Lipinski definition) is 0. The average molecular weight is 339 g/mol. The summed E-state index contributed by atoms with van der Waals surface area (Å²) < 4.78 is 6.11. The number of nitrogens with zero attached hydrogens (tertiary/aromatic N) is 2. The molecule has 0 radical (unpaired) electrons. The van der Waals surface area contributed by atoms with Crippen molar-refractivity contribution in [2.75, 3.05) is 32.7 Å². The van der Waals surface area contributed by atoms with Crippen molar-refractivity contribution in [1.29, 1.82) is 0 Å². The van der Waals surface area contributed by atoms with Gasteiger partial charge in [0.15, 0.2) is 0 Å². The van der Waals surface area contributed by atoms with Gasteiger partial charge < -0.3 is 14.5 Å². The van der Waals surface area contributed by atoms with Crippen molar-refractivity contribution in [3.8, 4) is 0 Å². The Morgan fingerprint density at radius 2 is 1.62 bits per heavy atom. The first-order valence-electron chi connectivity index (χ1n) is 9.93. The molecule has 2 aliphatic rings. The van der Waals surface area contributed by atoms with E-state index in [0.29, 0.717) is 12.0 Å². The predicted molar refractivity (Wildman–Crippen MR) is 99.1 cm³/mol. The molecule has 2 fully saturated rings. The maximum Gasteiger partial charge on any atom is 0.225 e. The molecule has 0 aliphatic carbocycles. The van der Waals surface area contributed by atoms with E-state index in [1.54, 1.807) is 0 Å². The zero-order chi connectivity index (χ0) is 17.7. The van der Waals surface area contributed by atoms with Gasteiger partial charge in [0.25, 0.3) is 0 Å². The third-order valence-electron chi connectivity index (χ3n) is 5.33. The van der Waals surface area contributed by atoms with Gasteiger partial charge in [0.05, 0.1) is 11.7 Å². The molecule has 2 saturated heterocycles. The topological polar surface area (TPSA) is 32.8 Å². The van der Waals surface area contributed by atoms with Gasteiger partial charge in [-0.1, -0.05) is 13.8 Å². The molecular formula is C20H38N2O2. The molecule has 0 saturated carbocycles. The van der Waals surface area contributed by atoms with Crippen LogP contribution in [0.15, 0.2) is 0 Å². The van der Waals surface area contributed by atoms with Gasteiger partial charge in [-0.25, -0.2) is 0 Å². The Balaban J connectivity index is 1.61. The van der Waals surface area contributed by atoms with E-state index >= 15 is 0 Å². The van der Waals surface area contributed by atoms with Crippen LogP contribution in [0.3, 0.4) is 0 Å². The molecule has 4 nitrogen and oxygen atoms in total. The van der Waals surface area contributed by atoms with Gasteiger partial charge in [-0.15, -0.1) is 0 Å². The van der Waals surface area contributed by atoms with Crippen molar-refractivity contribution in [1.82, 2.24) is 9.80 Å². The van der Waals surface area contributed by atoms with Crippen LogP contribution in [-0.4, -0.2) is 60.1 Å². The first-order chi connectivity index (χ1) is 11.2. The molecule has 2 rings (SSSR count). The van der Waals surface area contributed by atoms with E-state index in [1.807, 2.05) is 13.8 Å². The summed E-state index contributed by atoms with van der Waals surface area (Å²) in [5.41, 5.74) is -0.0196. The predicted octanol–water partition coefficient (Wildman–Crippen LogP) is 3.55. The number of carbonyl (C=O) groups is 1. The van der Waals surface area contributed by atoms with Crippen molar-refractivity contribution >= 4 is 5.91 Å². The van der Waals surface area contributed by atoms with Gasteiger partial charge in [0, 0.05) is 32.1 Å². The van der Waals surface area contributed by atoms with Crippen LogP contribution in [0.4, 0.5) is 0 Å². The van der Waals surface area contributed by atoms with Gasteiger partial charge in [-0.2, -0.15) is 0 Å². The highest BCUT2D eigenvalue weighted by atomic mass is 16.5. The Morgan fingerprint density at radius 1 is 1.04 bits per heavy atom. The Morgan fingerprint density at radius 3 is 2.12 bits per heavy atom. The summed E-state index contributed by atoms with van der Waals surface area (Å²) in [7, 11) is 0. The highest BCUT2D eigenvalue weighted by Crippen LogP contribution is 2.24. The highest BCUT2D eigenvalue weighted by Gasteiger charge is 2.26. The van der Waals surface area contributed by atoms with Crippen LogP contribution < -0.4 is 0 Å². The molecular weight excluding hydrogens is 300 g/mol. The third kappa shape index (κ3) is 6.36. The zero-order valence-electron chi connectivity index (χ0n) is 16.5. The van der Waals surface area contributed by atoms with Gasteiger partial charge >= 0.3 is 0 Å². The highest BCUT2D eigenvalue weighted by molar-refractivity contribution is 5.78. The third-order valence-corrected chi connectivity index (χ3v) is 5.33. The van der Waals surface area contributed by atoms with Gasteiger partial charge in [-0.05, 0) is 65.3 Å². The van der Waals surface area contributed by atoms with Gasteiger partial charge in [0.2, 0.25) is 5.91 Å². The number of amides is 1. The maximum atomic E-state index is 12.0. The van der Waals surface area contributed by atoms with Crippen molar-refractivity contribution < 1.29 is 9.53 Å². The quantitative estimate of drug-likeness (QED) is 0.768. The minimum atomic E-state index is -0.0196. The summed E-state index contributed by atoms with van der Waals surface area (Å²) in [4.78, 5) is 16.7. The Labute approximate surface area is 148 Å². The zero-order valence-corrected chi connectivity index (χ0v) is 16.5. The smallest absolute Gasteiger partial charge is 0.225 e. The number of piperidine rings is 2. The van der Waals surface area contributed by atoms with Crippen molar-refractivity contribution in [2.45, 2.75) is 78.4 Å². The minimum Gasteiger partial charge on any atom is -0.373 e. The molecule has 0 aromatic carbocycles. The Kier molecular flexibility index (Phi) is 7.11. The largest absolute Gasteiger partial charge is 0.373 e. The lowest BCUT2D eigenvalue weighted by molar-refractivity contribution is -0.135. The van der Waals surface area contributed by atoms with E-state index in [-0.39, 0.29) is 11.5 Å². The number of carbonyl (C=O) groups excluding carboxylic acids is 1. The van der Waals surface area contributed by atoms with E-state index in [1.165, 1.54) is 51.7 Å². The van der Waals surface area contributed by atoms with Gasteiger partial charge in [-0.3, -0.25) is 4.79 Å². The van der Waals surface area contributed by atoms with E-state index in [2.05, 4.69) is 30.6 Å². The second-order valence-corrected chi connectivity index (χ2v) is 8.98. The fourth-order valence-corrected chi connectivity index (χ4v) is 3.92. The van der Waals surface area contributed by atoms with E-state index in [4.69, 9.17) is 4.74 Å². The van der Waals surface area contributed by atoms with Crippen LogP contribution in [0.5, 0.6) is 0 Å². The molecule has 0 atom stereocenters. The fraction of sp³-hybridized carbons (Fsp3) is 0.950. The molecule has 0 spiro atoms. The van der Waals surface area contributed by atoms with Gasteiger partial charge in [0.1, 0.15) is 0 Å². The number of hydrogen-bond acceptors (Lipinski definition) is 3. The van der Waals surface area contributed by atoms with Crippen molar-refractivity contribution in [2.24, 2.45) is 11.8 Å². The first-order valence-corrected chi connectivity index (χ1v) is 9.93. The summed E-state index contributed by atoms with van der Waals surface area (Å²) in [6.07, 6.45) is 6.42. The van der Waals surface area contributed by atoms with E-state index < -0.39 is 0 Å². The summed E-state index contributed by atoms with van der Waals surface area (Å²) in [6, 6.07) is 0. The lowest BCUT2D eigenvalue weighted by atomic mass is 9.92. The molecule has 24 heavy (non-hydrogen) atoms. The lowest BCUT2D eigenvalue weighted by Crippen LogP contribution is -2.42. The molecule has 0 N–H and O–H groups in total. The summed E-state index contributed by atoms with van der Waals surface area (Å²) in [5, 5.41) is 0. The van der Waals surface area contributed by atoms with Crippen LogP contribution in [0.25, 0.3) is 0 Å². The summed E-state index contributed by atoms with van der Waals surface area (Å²) in [5.74, 6) is 1.26. The second-order valence-electron chi connectivity index (χ2n) is 8.98. The summed E-state index contributed by atoms with van der Waals surface area (Å²) >= 11 is 0. The molecule has 1 amide bonds. The van der Waals surface area contributed by atoms with E-state index in [0.717, 1.165) is 19.0 Å². The van der Waals surface area contributed by atoms with Crippen LogP contribution in [0, 0.1) is 11.8 Å². The monoisotopic (exact) mass is 338 g/mol. The maximum absolute atomic E-state index is 12.0. The minimum absolute atomic E-state index is 0.0196. The molecule has 0 unspecified atom stereocenters. The number of likely N-dealkylation sites (tertiary alicyclic amines) is 2. The molecule has 140 valence electrons. The first kappa shape index (κ1) is 19.7. The van der Waals surface area contributed by atoms with Crippen molar-refractivity contribution in [3.63, 3.8) is 0 Å². The molecule has 0 aromatic rings. The molecule has 0 bridgehead atoms. The summed E-state index contributed by atoms with van der Waals surface area (Å²) in [6.45, 7) is 15.9. The van der Waals surface area contributed by atoms with Crippen LogP contribution in [-0.2, 0) is 9.53 Å². The van der Waals surface area contributed by atoms with Crippen LogP contribution in [0.1, 0.15) is 66.7 Å². The molecule has 0 aromatic heterocycles. The lowest BCUT2D eigenvalue weighted by Gasteiger charge is -2.37. The Bertz CT molecular complexity index is 387. The second kappa shape index (κ2) is 8.66. The van der Waals surface area contributed by atoms with Crippen LogP contribution >= 0.6 is 0 Å². The number of rotatable bonds is 5. The standard InChI is InChI=1S/C20H38N2O2/c1-16(2)19(23)22-14-7-17(8-15-22)6-11-21-12-9-18(10-13-21)24-20(3,4)5/h16-18H,6-15H2,1-5H3. The average Bonchev–Trinajstić information content (AvgIpc) is 2.52. The number of ether oxygens (including phenoxy) is 1. The van der Waals surface area contributed by atoms with E-state index in [9.17, 15) is 4.79 Å². The molecule has 2 aliphatic heterocycles. The SMILES string of the molecule is CC(C)C(=O)N1CCC(CCN2CCC(OC(C)(C)C)CC2)CC1. The van der Waals surface area contributed by atoms with Crippen molar-refractivity contribution in [3.05, 3.63) is 0 Å². The van der Waals surface area contributed by atoms with Crippen LogP contribution in [0.2, 0.25) is 0 Å². The fourth-order valence-electron chi connectivity index (χ4n) is 3.92. The normalized spacial score (nSPS) is 22.3. The molecule has 4 heteroatoms. The molecule has 2 heterocycles. The Hall–Kier alpha value is -0.610.